The van der Waals surface area contributed by atoms with Crippen molar-refractivity contribution in [3.63, 3.8) is 0 Å². The van der Waals surface area contributed by atoms with Crippen molar-refractivity contribution in [2.75, 3.05) is 31.6 Å². The molecule has 5 rings (SSSR count). The normalized spacial score (nSPS) is 19.9. The molecule has 0 atom stereocenters. The maximum absolute atomic E-state index is 12.6. The van der Waals surface area contributed by atoms with Crippen molar-refractivity contribution in [3.05, 3.63) is 51.6 Å². The van der Waals surface area contributed by atoms with Gasteiger partial charge in [-0.3, -0.25) is 9.59 Å². The monoisotopic (exact) mass is 408 g/mol. The van der Waals surface area contributed by atoms with Crippen LogP contribution in [0.2, 0.25) is 0 Å². The highest BCUT2D eigenvalue weighted by Gasteiger charge is 2.53. The Kier molecular flexibility index (Phi) is 4.52. The van der Waals surface area contributed by atoms with Gasteiger partial charge in [-0.15, -0.1) is 11.3 Å². The predicted octanol–water partition coefficient (Wildman–Crippen LogP) is 2.48. The highest BCUT2D eigenvalue weighted by Crippen LogP contribution is 2.42. The molecule has 0 aliphatic carbocycles. The lowest BCUT2D eigenvalue weighted by atomic mass is 9.80. The SMILES string of the molecule is O=C(/C=C/c1cnc2c(c1)C1(COC1)C(=O)N2)N1CCC(=Cc2nccs2)CC1. The minimum Gasteiger partial charge on any atom is -0.378 e. The second kappa shape index (κ2) is 7.20. The summed E-state index contributed by atoms with van der Waals surface area (Å²) in [5.41, 5.74) is 2.39. The average Bonchev–Trinajstić information content (AvgIpc) is 3.30. The summed E-state index contributed by atoms with van der Waals surface area (Å²) >= 11 is 1.62. The number of carbonyl (C=O) groups excluding carboxylic acids is 2. The molecule has 29 heavy (non-hydrogen) atoms. The maximum atomic E-state index is 12.6. The molecule has 3 aliphatic heterocycles. The second-order valence-electron chi connectivity index (χ2n) is 7.53. The third-order valence-corrected chi connectivity index (χ3v) is 6.43. The van der Waals surface area contributed by atoms with Gasteiger partial charge in [0.15, 0.2) is 0 Å². The van der Waals surface area contributed by atoms with Crippen LogP contribution in [-0.2, 0) is 19.7 Å². The van der Waals surface area contributed by atoms with Crippen LogP contribution in [0, 0.1) is 0 Å². The number of likely N-dealkylation sites (tertiary alicyclic amines) is 1. The number of aromatic nitrogens is 2. The summed E-state index contributed by atoms with van der Waals surface area (Å²) in [6.45, 7) is 2.18. The van der Waals surface area contributed by atoms with Gasteiger partial charge in [-0.05, 0) is 36.6 Å². The molecule has 0 saturated carbocycles. The summed E-state index contributed by atoms with van der Waals surface area (Å²) in [7, 11) is 0. The molecule has 2 aromatic heterocycles. The first kappa shape index (κ1) is 18.2. The van der Waals surface area contributed by atoms with Crippen LogP contribution in [0.1, 0.15) is 29.0 Å². The Balaban J connectivity index is 1.24. The summed E-state index contributed by atoms with van der Waals surface area (Å²) in [6, 6.07) is 1.93. The predicted molar refractivity (Wildman–Crippen MR) is 110 cm³/mol. The molecule has 8 heteroatoms. The van der Waals surface area contributed by atoms with Gasteiger partial charge in [-0.25, -0.2) is 9.97 Å². The molecule has 0 radical (unpaired) electrons. The van der Waals surface area contributed by atoms with Crippen LogP contribution in [-0.4, -0.2) is 53.0 Å². The largest absolute Gasteiger partial charge is 0.378 e. The van der Waals surface area contributed by atoms with Gasteiger partial charge >= 0.3 is 0 Å². The fraction of sp³-hybridized carbons (Fsp3) is 0.333. The molecule has 2 fully saturated rings. The van der Waals surface area contributed by atoms with Crippen molar-refractivity contribution < 1.29 is 14.3 Å². The molecule has 5 heterocycles. The van der Waals surface area contributed by atoms with Crippen molar-refractivity contribution in [1.82, 2.24) is 14.9 Å². The Morgan fingerprint density at radius 1 is 1.28 bits per heavy atom. The van der Waals surface area contributed by atoms with E-state index in [4.69, 9.17) is 4.74 Å². The Bertz CT molecular complexity index is 1010. The van der Waals surface area contributed by atoms with E-state index >= 15 is 0 Å². The molecule has 1 spiro atoms. The van der Waals surface area contributed by atoms with Crippen LogP contribution in [0.5, 0.6) is 0 Å². The first-order chi connectivity index (χ1) is 14.1. The lowest BCUT2D eigenvalue weighted by Gasteiger charge is -2.35. The fourth-order valence-corrected chi connectivity index (χ4v) is 4.51. The Labute approximate surface area is 172 Å². The van der Waals surface area contributed by atoms with E-state index in [-0.39, 0.29) is 11.8 Å². The molecular formula is C21H20N4O3S. The summed E-state index contributed by atoms with van der Waals surface area (Å²) in [4.78, 5) is 35.3. The van der Waals surface area contributed by atoms with Crippen molar-refractivity contribution >= 4 is 41.1 Å². The molecule has 2 amide bonds. The van der Waals surface area contributed by atoms with E-state index in [9.17, 15) is 9.59 Å². The van der Waals surface area contributed by atoms with Gasteiger partial charge in [0.05, 0.1) is 13.2 Å². The van der Waals surface area contributed by atoms with Crippen LogP contribution in [0.25, 0.3) is 12.2 Å². The van der Waals surface area contributed by atoms with Crippen molar-refractivity contribution in [2.24, 2.45) is 0 Å². The molecule has 0 unspecified atom stereocenters. The number of fused-ring (bicyclic) bond motifs is 2. The standard InChI is InChI=1S/C21H20N4O3S/c26-18(25-6-3-14(4-7-25)10-17-22-5-8-29-17)2-1-15-9-16-19(23-11-15)24-20(27)21(16)12-28-13-21/h1-2,5,8-11H,3-4,6-7,12-13H2,(H,23,24,27)/b2-1+. The Morgan fingerprint density at radius 2 is 2.10 bits per heavy atom. The fourth-order valence-electron chi connectivity index (χ4n) is 3.89. The topological polar surface area (TPSA) is 84.4 Å². The minimum absolute atomic E-state index is 0.00492. The number of hydrogen-bond donors (Lipinski definition) is 1. The number of thiazole rings is 1. The van der Waals surface area contributed by atoms with Gasteiger partial charge in [-0.2, -0.15) is 0 Å². The number of hydrogen-bond acceptors (Lipinski definition) is 6. The van der Waals surface area contributed by atoms with E-state index < -0.39 is 5.41 Å². The molecule has 2 saturated heterocycles. The average molecular weight is 408 g/mol. The molecule has 1 N–H and O–H groups in total. The molecular weight excluding hydrogens is 388 g/mol. The lowest BCUT2D eigenvalue weighted by molar-refractivity contribution is -0.138. The van der Waals surface area contributed by atoms with Gasteiger partial charge in [0.25, 0.3) is 0 Å². The molecule has 3 aliphatic rings. The molecule has 148 valence electrons. The number of amides is 2. The molecule has 2 aromatic rings. The number of nitrogens with zero attached hydrogens (tertiary/aromatic N) is 3. The smallest absolute Gasteiger partial charge is 0.246 e. The number of pyridine rings is 1. The van der Waals surface area contributed by atoms with Crippen LogP contribution in [0.3, 0.4) is 0 Å². The van der Waals surface area contributed by atoms with Gasteiger partial charge in [0, 0.05) is 42.5 Å². The zero-order valence-corrected chi connectivity index (χ0v) is 16.6. The first-order valence-corrected chi connectivity index (χ1v) is 10.5. The number of nitrogens with one attached hydrogen (secondary N) is 1. The first-order valence-electron chi connectivity index (χ1n) is 9.60. The van der Waals surface area contributed by atoms with Crippen molar-refractivity contribution in [1.29, 1.82) is 0 Å². The van der Waals surface area contributed by atoms with E-state index in [2.05, 4.69) is 21.4 Å². The third kappa shape index (κ3) is 3.28. The number of piperidine rings is 1. The number of ether oxygens (including phenoxy) is 1. The number of rotatable bonds is 3. The quantitative estimate of drug-likeness (QED) is 0.789. The summed E-state index contributed by atoms with van der Waals surface area (Å²) < 4.78 is 5.27. The summed E-state index contributed by atoms with van der Waals surface area (Å²) in [5.74, 6) is 0.533. The molecule has 0 bridgehead atoms. The molecule has 7 nitrogen and oxygen atoms in total. The number of carbonyl (C=O) groups is 2. The van der Waals surface area contributed by atoms with Crippen molar-refractivity contribution in [2.45, 2.75) is 18.3 Å². The van der Waals surface area contributed by atoms with E-state index in [0.29, 0.717) is 32.1 Å². The highest BCUT2D eigenvalue weighted by atomic mass is 32.1. The lowest BCUT2D eigenvalue weighted by Crippen LogP contribution is -2.51. The van der Waals surface area contributed by atoms with E-state index in [1.165, 1.54) is 5.57 Å². The van der Waals surface area contributed by atoms with Gasteiger partial charge < -0.3 is 15.0 Å². The minimum atomic E-state index is -0.608. The zero-order chi connectivity index (χ0) is 19.8. The van der Waals surface area contributed by atoms with Crippen LogP contribution < -0.4 is 5.32 Å². The third-order valence-electron chi connectivity index (χ3n) is 5.70. The Morgan fingerprint density at radius 3 is 2.79 bits per heavy atom. The van der Waals surface area contributed by atoms with Gasteiger partial charge in [0.1, 0.15) is 16.2 Å². The van der Waals surface area contributed by atoms with Gasteiger partial charge in [0.2, 0.25) is 11.8 Å². The van der Waals surface area contributed by atoms with Crippen LogP contribution in [0.15, 0.2) is 35.5 Å². The zero-order valence-electron chi connectivity index (χ0n) is 15.8. The number of anilines is 1. The summed E-state index contributed by atoms with van der Waals surface area (Å²) in [6.07, 6.45) is 10.7. The van der Waals surface area contributed by atoms with Gasteiger partial charge in [-0.1, -0.05) is 5.57 Å². The van der Waals surface area contributed by atoms with E-state index in [1.807, 2.05) is 16.3 Å². The maximum Gasteiger partial charge on any atom is 0.246 e. The van der Waals surface area contributed by atoms with Crippen LogP contribution in [0.4, 0.5) is 5.82 Å². The molecule has 0 aromatic carbocycles. The van der Waals surface area contributed by atoms with Crippen LogP contribution >= 0.6 is 11.3 Å². The van der Waals surface area contributed by atoms with Crippen molar-refractivity contribution in [3.8, 4) is 0 Å². The summed E-state index contributed by atoms with van der Waals surface area (Å²) in [5, 5.41) is 5.80. The van der Waals surface area contributed by atoms with E-state index in [0.717, 1.165) is 29.0 Å². The Hall–Kier alpha value is -2.84. The van der Waals surface area contributed by atoms with E-state index in [1.54, 1.807) is 35.9 Å². The second-order valence-corrected chi connectivity index (χ2v) is 8.45. The highest BCUT2D eigenvalue weighted by molar-refractivity contribution is 7.10.